The number of benzene rings is 2. The molecule has 2 aromatic rings. The SMILES string of the molecule is Cc1ccc(F)cc1C1CN=C(N)N1c1ccc(F)cc1. The van der Waals surface area contributed by atoms with Crippen LogP contribution in [0.4, 0.5) is 14.5 Å². The summed E-state index contributed by atoms with van der Waals surface area (Å²) in [6.07, 6.45) is 0. The average Bonchev–Trinajstić information content (AvgIpc) is 2.84. The van der Waals surface area contributed by atoms with E-state index in [0.717, 1.165) is 16.8 Å². The van der Waals surface area contributed by atoms with Crippen molar-refractivity contribution in [3.63, 3.8) is 0 Å². The van der Waals surface area contributed by atoms with Crippen molar-refractivity contribution < 1.29 is 8.78 Å². The molecule has 1 atom stereocenters. The lowest BCUT2D eigenvalue weighted by Gasteiger charge is -2.27. The minimum Gasteiger partial charge on any atom is -0.369 e. The van der Waals surface area contributed by atoms with Crippen LogP contribution in [0.25, 0.3) is 0 Å². The highest BCUT2D eigenvalue weighted by atomic mass is 19.1. The van der Waals surface area contributed by atoms with Crippen molar-refractivity contribution in [3.05, 3.63) is 65.2 Å². The van der Waals surface area contributed by atoms with Crippen LogP contribution in [0.15, 0.2) is 47.5 Å². The molecule has 21 heavy (non-hydrogen) atoms. The third-order valence-electron chi connectivity index (χ3n) is 3.69. The number of aryl methyl sites for hydroxylation is 1. The highest BCUT2D eigenvalue weighted by Gasteiger charge is 2.30. The highest BCUT2D eigenvalue weighted by molar-refractivity contribution is 5.97. The van der Waals surface area contributed by atoms with Gasteiger partial charge in [-0.1, -0.05) is 6.07 Å². The number of guanidine groups is 1. The van der Waals surface area contributed by atoms with Gasteiger partial charge < -0.3 is 10.6 Å². The minimum atomic E-state index is -0.313. The van der Waals surface area contributed by atoms with Crippen molar-refractivity contribution >= 4 is 11.6 Å². The van der Waals surface area contributed by atoms with E-state index in [4.69, 9.17) is 5.73 Å². The number of hydrogen-bond donors (Lipinski definition) is 1. The second kappa shape index (κ2) is 5.16. The molecule has 108 valence electrons. The fourth-order valence-corrected chi connectivity index (χ4v) is 2.62. The second-order valence-electron chi connectivity index (χ2n) is 5.06. The summed E-state index contributed by atoms with van der Waals surface area (Å²) in [5, 5.41) is 0. The van der Waals surface area contributed by atoms with Crippen molar-refractivity contribution in [3.8, 4) is 0 Å². The standard InChI is InChI=1S/C16H15F2N3/c1-10-2-3-12(18)8-14(10)15-9-20-16(19)21(15)13-6-4-11(17)5-7-13/h2-8,15H,9H2,1H3,(H2,19,20). The van der Waals surface area contributed by atoms with Crippen LogP contribution in [0.3, 0.4) is 0 Å². The zero-order valence-corrected chi connectivity index (χ0v) is 11.6. The fourth-order valence-electron chi connectivity index (χ4n) is 2.62. The molecule has 1 aliphatic rings. The Balaban J connectivity index is 2.02. The maximum absolute atomic E-state index is 13.5. The minimum absolute atomic E-state index is 0.175. The Kier molecular flexibility index (Phi) is 3.33. The molecule has 3 rings (SSSR count). The molecule has 0 spiro atoms. The van der Waals surface area contributed by atoms with E-state index in [-0.39, 0.29) is 17.7 Å². The maximum atomic E-state index is 13.5. The zero-order chi connectivity index (χ0) is 15.0. The first kappa shape index (κ1) is 13.5. The number of rotatable bonds is 2. The first-order valence-corrected chi connectivity index (χ1v) is 6.67. The number of hydrogen-bond acceptors (Lipinski definition) is 3. The van der Waals surface area contributed by atoms with Crippen molar-refractivity contribution in [1.29, 1.82) is 0 Å². The summed E-state index contributed by atoms with van der Waals surface area (Å²) in [7, 11) is 0. The van der Waals surface area contributed by atoms with Crippen LogP contribution >= 0.6 is 0 Å². The molecule has 0 saturated heterocycles. The topological polar surface area (TPSA) is 41.6 Å². The third kappa shape index (κ3) is 2.46. The monoisotopic (exact) mass is 287 g/mol. The van der Waals surface area contributed by atoms with Gasteiger partial charge in [0.05, 0.1) is 12.6 Å². The third-order valence-corrected chi connectivity index (χ3v) is 3.69. The molecule has 2 aromatic carbocycles. The van der Waals surface area contributed by atoms with E-state index < -0.39 is 0 Å². The molecule has 0 amide bonds. The summed E-state index contributed by atoms with van der Waals surface area (Å²) >= 11 is 0. The summed E-state index contributed by atoms with van der Waals surface area (Å²) in [6, 6.07) is 10.5. The van der Waals surface area contributed by atoms with Crippen LogP contribution in [-0.2, 0) is 0 Å². The molecule has 0 aromatic heterocycles. The molecular weight excluding hydrogens is 272 g/mol. The van der Waals surface area contributed by atoms with Crippen molar-refractivity contribution in [2.75, 3.05) is 11.4 Å². The van der Waals surface area contributed by atoms with Crippen LogP contribution in [-0.4, -0.2) is 12.5 Å². The first-order chi connectivity index (χ1) is 10.1. The molecule has 0 fully saturated rings. The summed E-state index contributed by atoms with van der Waals surface area (Å²) in [6.45, 7) is 2.37. The number of aliphatic imine (C=N–C) groups is 1. The van der Waals surface area contributed by atoms with Crippen molar-refractivity contribution in [2.45, 2.75) is 13.0 Å². The fraction of sp³-hybridized carbons (Fsp3) is 0.188. The van der Waals surface area contributed by atoms with Gasteiger partial charge in [-0.15, -0.1) is 0 Å². The van der Waals surface area contributed by atoms with Gasteiger partial charge in [0.1, 0.15) is 11.6 Å². The Morgan fingerprint density at radius 3 is 2.48 bits per heavy atom. The molecular formula is C16H15F2N3. The summed E-state index contributed by atoms with van der Waals surface area (Å²) < 4.78 is 26.6. The Morgan fingerprint density at radius 1 is 1.10 bits per heavy atom. The Hall–Kier alpha value is -2.43. The van der Waals surface area contributed by atoms with Gasteiger partial charge >= 0.3 is 0 Å². The van der Waals surface area contributed by atoms with Gasteiger partial charge in [-0.2, -0.15) is 0 Å². The number of halogens is 2. The molecule has 1 heterocycles. The lowest BCUT2D eigenvalue weighted by atomic mass is 10.00. The molecule has 5 heteroatoms. The van der Waals surface area contributed by atoms with E-state index >= 15 is 0 Å². The molecule has 3 nitrogen and oxygen atoms in total. The first-order valence-electron chi connectivity index (χ1n) is 6.67. The lowest BCUT2D eigenvalue weighted by molar-refractivity contribution is 0.620. The van der Waals surface area contributed by atoms with Gasteiger partial charge in [-0.25, -0.2) is 8.78 Å². The van der Waals surface area contributed by atoms with Crippen molar-refractivity contribution in [1.82, 2.24) is 0 Å². The second-order valence-corrected chi connectivity index (χ2v) is 5.06. The van der Waals surface area contributed by atoms with E-state index in [9.17, 15) is 8.78 Å². The quantitative estimate of drug-likeness (QED) is 0.922. The largest absolute Gasteiger partial charge is 0.369 e. The smallest absolute Gasteiger partial charge is 0.196 e. The van der Waals surface area contributed by atoms with Gasteiger partial charge in [0.2, 0.25) is 0 Å². The van der Waals surface area contributed by atoms with Gasteiger partial charge in [-0.05, 0) is 54.4 Å². The molecule has 1 unspecified atom stereocenters. The van der Waals surface area contributed by atoms with Crippen LogP contribution in [0.1, 0.15) is 17.2 Å². The normalized spacial score (nSPS) is 18.0. The molecule has 2 N–H and O–H groups in total. The Labute approximate surface area is 121 Å². The summed E-state index contributed by atoms with van der Waals surface area (Å²) in [4.78, 5) is 6.06. The average molecular weight is 287 g/mol. The lowest BCUT2D eigenvalue weighted by Crippen LogP contribution is -2.36. The Morgan fingerprint density at radius 2 is 1.76 bits per heavy atom. The number of nitrogens with two attached hydrogens (primary N) is 1. The highest BCUT2D eigenvalue weighted by Crippen LogP contribution is 2.33. The zero-order valence-electron chi connectivity index (χ0n) is 11.6. The van der Waals surface area contributed by atoms with Gasteiger partial charge in [0.15, 0.2) is 5.96 Å². The predicted molar refractivity (Wildman–Crippen MR) is 79.2 cm³/mol. The van der Waals surface area contributed by atoms with Crippen LogP contribution in [0.5, 0.6) is 0 Å². The predicted octanol–water partition coefficient (Wildman–Crippen LogP) is 3.15. The molecule has 1 aliphatic heterocycles. The van der Waals surface area contributed by atoms with E-state index in [0.29, 0.717) is 12.5 Å². The van der Waals surface area contributed by atoms with E-state index in [1.165, 1.54) is 24.3 Å². The van der Waals surface area contributed by atoms with Crippen LogP contribution in [0.2, 0.25) is 0 Å². The van der Waals surface area contributed by atoms with E-state index in [1.54, 1.807) is 23.1 Å². The molecule has 0 aliphatic carbocycles. The van der Waals surface area contributed by atoms with E-state index in [1.807, 2.05) is 6.92 Å². The Bertz CT molecular complexity index is 695. The van der Waals surface area contributed by atoms with Crippen LogP contribution in [0, 0.1) is 18.6 Å². The van der Waals surface area contributed by atoms with E-state index in [2.05, 4.69) is 4.99 Å². The number of anilines is 1. The van der Waals surface area contributed by atoms with Gasteiger partial charge in [-0.3, -0.25) is 4.99 Å². The summed E-state index contributed by atoms with van der Waals surface area (Å²) in [5.74, 6) is -0.248. The van der Waals surface area contributed by atoms with Gasteiger partial charge in [0.25, 0.3) is 0 Å². The molecule has 0 saturated carbocycles. The van der Waals surface area contributed by atoms with Crippen LogP contribution < -0.4 is 10.6 Å². The number of nitrogens with zero attached hydrogens (tertiary/aromatic N) is 2. The molecule has 0 bridgehead atoms. The molecule has 0 radical (unpaired) electrons. The van der Waals surface area contributed by atoms with Crippen molar-refractivity contribution in [2.24, 2.45) is 10.7 Å². The van der Waals surface area contributed by atoms with Gasteiger partial charge in [0, 0.05) is 5.69 Å². The maximum Gasteiger partial charge on any atom is 0.196 e. The summed E-state index contributed by atoms with van der Waals surface area (Å²) in [5.41, 5.74) is 8.50.